The fourth-order valence-corrected chi connectivity index (χ4v) is 3.59. The van der Waals surface area contributed by atoms with E-state index < -0.39 is 6.04 Å². The van der Waals surface area contributed by atoms with Crippen LogP contribution < -0.4 is 0 Å². The van der Waals surface area contributed by atoms with Crippen molar-refractivity contribution in [3.8, 4) is 0 Å². The Labute approximate surface area is 176 Å². The molecule has 0 fully saturated rings. The second kappa shape index (κ2) is 9.23. The molecule has 0 saturated carbocycles. The van der Waals surface area contributed by atoms with Gasteiger partial charge in [0.1, 0.15) is 0 Å². The summed E-state index contributed by atoms with van der Waals surface area (Å²) in [7, 11) is 0. The number of hydrogen-bond donors (Lipinski definition) is 1. The number of ether oxygens (including phenoxy) is 1. The van der Waals surface area contributed by atoms with Crippen molar-refractivity contribution in [1.82, 2.24) is 4.98 Å². The zero-order chi connectivity index (χ0) is 20.8. The predicted molar refractivity (Wildman–Crippen MR) is 121 cm³/mol. The highest BCUT2D eigenvalue weighted by atomic mass is 16.5. The van der Waals surface area contributed by atoms with Crippen LogP contribution >= 0.6 is 0 Å². The van der Waals surface area contributed by atoms with Crippen LogP contribution in [0, 0.1) is 0 Å². The summed E-state index contributed by atoms with van der Waals surface area (Å²) in [6, 6.07) is 27.4. The number of nitrogens with one attached hydrogen (secondary N) is 1. The van der Waals surface area contributed by atoms with Crippen LogP contribution in [0.4, 0.5) is 0 Å². The molecule has 4 nitrogen and oxygen atoms in total. The Morgan fingerprint density at radius 3 is 2.13 bits per heavy atom. The standard InChI is InChI=1S/C26H24N2O2/c1-2-30-26(29)24(17-21-18-27-23-16-10-9-15-22(21)23)28-25(19-11-5-3-6-12-19)20-13-7-4-8-14-20/h3-16,18,24,27H,2,17H2,1H3/t24-/m0/s1. The van der Waals surface area contributed by atoms with Gasteiger partial charge in [-0.1, -0.05) is 78.9 Å². The molecule has 0 amide bonds. The third-order valence-electron chi connectivity index (χ3n) is 5.03. The first-order valence-electron chi connectivity index (χ1n) is 10.2. The molecule has 0 spiro atoms. The molecular formula is C26H24N2O2. The lowest BCUT2D eigenvalue weighted by atomic mass is 10.0. The molecule has 0 aliphatic rings. The minimum Gasteiger partial charge on any atom is -0.464 e. The molecule has 4 aromatic rings. The van der Waals surface area contributed by atoms with Crippen LogP contribution in [0.1, 0.15) is 23.6 Å². The van der Waals surface area contributed by atoms with Gasteiger partial charge in [-0.25, -0.2) is 4.79 Å². The van der Waals surface area contributed by atoms with Crippen molar-refractivity contribution in [2.75, 3.05) is 6.61 Å². The number of aromatic nitrogens is 1. The summed E-state index contributed by atoms with van der Waals surface area (Å²) in [6.45, 7) is 2.14. The van der Waals surface area contributed by atoms with Gasteiger partial charge >= 0.3 is 5.97 Å². The van der Waals surface area contributed by atoms with Gasteiger partial charge in [-0.15, -0.1) is 0 Å². The molecule has 0 saturated heterocycles. The van der Waals surface area contributed by atoms with E-state index in [0.29, 0.717) is 13.0 Å². The molecule has 0 aliphatic heterocycles. The van der Waals surface area contributed by atoms with E-state index in [9.17, 15) is 4.79 Å². The van der Waals surface area contributed by atoms with Crippen LogP contribution in [0.3, 0.4) is 0 Å². The van der Waals surface area contributed by atoms with E-state index in [2.05, 4.69) is 11.1 Å². The van der Waals surface area contributed by atoms with E-state index in [0.717, 1.165) is 33.3 Å². The molecule has 150 valence electrons. The van der Waals surface area contributed by atoms with E-state index >= 15 is 0 Å². The number of fused-ring (bicyclic) bond motifs is 1. The maximum Gasteiger partial charge on any atom is 0.331 e. The molecule has 0 radical (unpaired) electrons. The maximum absolute atomic E-state index is 12.9. The van der Waals surface area contributed by atoms with Crippen molar-refractivity contribution >= 4 is 22.6 Å². The summed E-state index contributed by atoms with van der Waals surface area (Å²) in [6.07, 6.45) is 2.42. The lowest BCUT2D eigenvalue weighted by molar-refractivity contribution is -0.144. The molecule has 1 N–H and O–H groups in total. The Balaban J connectivity index is 1.78. The monoisotopic (exact) mass is 396 g/mol. The van der Waals surface area contributed by atoms with Gasteiger partial charge in [0.05, 0.1) is 12.3 Å². The van der Waals surface area contributed by atoms with Crippen LogP contribution in [0.5, 0.6) is 0 Å². The molecule has 4 rings (SSSR count). The minimum atomic E-state index is -0.639. The normalized spacial score (nSPS) is 11.8. The smallest absolute Gasteiger partial charge is 0.331 e. The van der Waals surface area contributed by atoms with Gasteiger partial charge in [0, 0.05) is 34.6 Å². The van der Waals surface area contributed by atoms with E-state index in [1.807, 2.05) is 92.0 Å². The first-order chi connectivity index (χ1) is 14.8. The molecule has 1 atom stereocenters. The van der Waals surface area contributed by atoms with Crippen molar-refractivity contribution in [3.05, 3.63) is 108 Å². The fourth-order valence-electron chi connectivity index (χ4n) is 3.59. The zero-order valence-electron chi connectivity index (χ0n) is 16.9. The third kappa shape index (κ3) is 4.33. The second-order valence-electron chi connectivity index (χ2n) is 7.04. The summed E-state index contributed by atoms with van der Waals surface area (Å²) in [5.74, 6) is -0.313. The predicted octanol–water partition coefficient (Wildman–Crippen LogP) is 5.18. The highest BCUT2D eigenvalue weighted by Gasteiger charge is 2.23. The molecular weight excluding hydrogens is 372 g/mol. The van der Waals surface area contributed by atoms with E-state index in [4.69, 9.17) is 9.73 Å². The average molecular weight is 396 g/mol. The average Bonchev–Trinajstić information content (AvgIpc) is 3.21. The van der Waals surface area contributed by atoms with Crippen molar-refractivity contribution in [2.45, 2.75) is 19.4 Å². The van der Waals surface area contributed by atoms with Crippen LogP contribution in [0.25, 0.3) is 10.9 Å². The Morgan fingerprint density at radius 2 is 1.50 bits per heavy atom. The molecule has 4 heteroatoms. The van der Waals surface area contributed by atoms with Crippen LogP contribution in [-0.4, -0.2) is 29.3 Å². The van der Waals surface area contributed by atoms with Crippen molar-refractivity contribution in [2.24, 2.45) is 4.99 Å². The number of hydrogen-bond acceptors (Lipinski definition) is 3. The van der Waals surface area contributed by atoms with E-state index in [-0.39, 0.29) is 5.97 Å². The van der Waals surface area contributed by atoms with Gasteiger partial charge in [0.15, 0.2) is 6.04 Å². The van der Waals surface area contributed by atoms with Crippen LogP contribution in [-0.2, 0) is 16.0 Å². The van der Waals surface area contributed by atoms with Crippen LogP contribution in [0.15, 0.2) is 96.1 Å². The molecule has 1 aromatic heterocycles. The van der Waals surface area contributed by atoms with Crippen molar-refractivity contribution in [3.63, 3.8) is 0 Å². The fraction of sp³-hybridized carbons (Fsp3) is 0.154. The van der Waals surface area contributed by atoms with Gasteiger partial charge < -0.3 is 9.72 Å². The second-order valence-corrected chi connectivity index (χ2v) is 7.04. The molecule has 0 aliphatic carbocycles. The number of rotatable bonds is 7. The Morgan fingerprint density at radius 1 is 0.900 bits per heavy atom. The molecule has 30 heavy (non-hydrogen) atoms. The third-order valence-corrected chi connectivity index (χ3v) is 5.03. The number of carbonyl (C=O) groups is 1. The topological polar surface area (TPSA) is 54.5 Å². The molecule has 0 unspecified atom stereocenters. The van der Waals surface area contributed by atoms with Crippen molar-refractivity contribution < 1.29 is 9.53 Å². The summed E-state index contributed by atoms with van der Waals surface area (Å²) in [5.41, 5.74) is 4.82. The molecule has 3 aromatic carbocycles. The SMILES string of the molecule is CCOC(=O)[C@H](Cc1c[nH]c2ccccc12)N=C(c1ccccc1)c1ccccc1. The van der Waals surface area contributed by atoms with Gasteiger partial charge in [0.2, 0.25) is 0 Å². The Hall–Kier alpha value is -3.66. The summed E-state index contributed by atoms with van der Waals surface area (Å²) in [4.78, 5) is 21.1. The van der Waals surface area contributed by atoms with Gasteiger partial charge in [0.25, 0.3) is 0 Å². The van der Waals surface area contributed by atoms with E-state index in [1.54, 1.807) is 0 Å². The number of benzene rings is 3. The number of aromatic amines is 1. The number of para-hydroxylation sites is 1. The lowest BCUT2D eigenvalue weighted by Crippen LogP contribution is -2.26. The minimum absolute atomic E-state index is 0.313. The summed E-state index contributed by atoms with van der Waals surface area (Å²) < 4.78 is 5.38. The lowest BCUT2D eigenvalue weighted by Gasteiger charge is -2.15. The summed E-state index contributed by atoms with van der Waals surface area (Å²) in [5, 5.41) is 1.10. The van der Waals surface area contributed by atoms with E-state index in [1.165, 1.54) is 0 Å². The Bertz CT molecular complexity index is 1110. The van der Waals surface area contributed by atoms with Crippen molar-refractivity contribution in [1.29, 1.82) is 0 Å². The largest absolute Gasteiger partial charge is 0.464 e. The number of nitrogens with zero attached hydrogens (tertiary/aromatic N) is 1. The van der Waals surface area contributed by atoms with Crippen LogP contribution in [0.2, 0.25) is 0 Å². The number of H-pyrrole nitrogens is 1. The maximum atomic E-state index is 12.9. The quantitative estimate of drug-likeness (QED) is 0.346. The highest BCUT2D eigenvalue weighted by molar-refractivity contribution is 6.13. The first kappa shape index (κ1) is 19.6. The summed E-state index contributed by atoms with van der Waals surface area (Å²) >= 11 is 0. The van der Waals surface area contributed by atoms with Gasteiger partial charge in [-0.05, 0) is 18.6 Å². The van der Waals surface area contributed by atoms with Gasteiger partial charge in [-0.3, -0.25) is 4.99 Å². The zero-order valence-corrected chi connectivity index (χ0v) is 16.9. The first-order valence-corrected chi connectivity index (χ1v) is 10.2. The molecule has 1 heterocycles. The van der Waals surface area contributed by atoms with Gasteiger partial charge in [-0.2, -0.15) is 0 Å². The molecule has 0 bridgehead atoms. The number of carbonyl (C=O) groups excluding carboxylic acids is 1. The number of esters is 1. The Kier molecular flexibility index (Phi) is 6.04. The number of aliphatic imine (C=N–C) groups is 1. The highest BCUT2D eigenvalue weighted by Crippen LogP contribution is 2.21.